The maximum Gasteiger partial charge on any atom is 0.315 e. The van der Waals surface area contributed by atoms with E-state index in [0.29, 0.717) is 12.0 Å². The van der Waals surface area contributed by atoms with Crippen LogP contribution in [0.1, 0.15) is 35.9 Å². The number of aliphatic carboxylic acids is 1. The molecule has 2 aromatic rings. The average Bonchev–Trinajstić information content (AvgIpc) is 2.83. The van der Waals surface area contributed by atoms with Gasteiger partial charge in [-0.05, 0) is 25.8 Å². The van der Waals surface area contributed by atoms with E-state index >= 15 is 0 Å². The van der Waals surface area contributed by atoms with E-state index in [-0.39, 0.29) is 18.9 Å². The Labute approximate surface area is 147 Å². The van der Waals surface area contributed by atoms with Crippen LogP contribution < -0.4 is 5.32 Å². The van der Waals surface area contributed by atoms with Gasteiger partial charge in [0.1, 0.15) is 5.41 Å². The van der Waals surface area contributed by atoms with E-state index in [1.165, 1.54) is 0 Å². The molecule has 0 aliphatic heterocycles. The van der Waals surface area contributed by atoms with Crippen molar-refractivity contribution in [1.82, 2.24) is 15.1 Å². The van der Waals surface area contributed by atoms with Crippen molar-refractivity contribution < 1.29 is 14.7 Å². The first-order valence-corrected chi connectivity index (χ1v) is 8.36. The number of nitrogens with one attached hydrogen (secondary N) is 1. The summed E-state index contributed by atoms with van der Waals surface area (Å²) in [7, 11) is 1.84. The molecule has 0 aliphatic rings. The van der Waals surface area contributed by atoms with Crippen LogP contribution in [0, 0.1) is 13.8 Å². The lowest BCUT2D eigenvalue weighted by Crippen LogP contribution is -2.46. The highest BCUT2D eigenvalue weighted by atomic mass is 16.4. The number of hydrogen-bond acceptors (Lipinski definition) is 3. The van der Waals surface area contributed by atoms with E-state index in [1.807, 2.05) is 46.0 Å². The van der Waals surface area contributed by atoms with Gasteiger partial charge in [-0.3, -0.25) is 14.3 Å². The van der Waals surface area contributed by atoms with E-state index in [0.717, 1.165) is 17.0 Å². The summed E-state index contributed by atoms with van der Waals surface area (Å²) in [5.74, 6) is -1.13. The number of aromatic nitrogens is 2. The lowest BCUT2D eigenvalue weighted by molar-refractivity contribution is -0.144. The van der Waals surface area contributed by atoms with Crippen LogP contribution in [-0.2, 0) is 28.5 Å². The summed E-state index contributed by atoms with van der Waals surface area (Å²) in [5, 5.41) is 16.9. The topological polar surface area (TPSA) is 84.2 Å². The van der Waals surface area contributed by atoms with Gasteiger partial charge in [0.15, 0.2) is 0 Å². The van der Waals surface area contributed by atoms with Crippen molar-refractivity contribution in [3.8, 4) is 0 Å². The minimum atomic E-state index is -1.13. The summed E-state index contributed by atoms with van der Waals surface area (Å²) in [6.07, 6.45) is 0.581. The SMILES string of the molecule is CCC(CNC(=O)Cc1c(C)nn(C)c1C)(C(=O)O)c1ccccc1. The molecule has 1 amide bonds. The number of carboxylic acids is 1. The number of hydrogen-bond donors (Lipinski definition) is 2. The van der Waals surface area contributed by atoms with Crippen LogP contribution in [0.3, 0.4) is 0 Å². The molecule has 0 saturated heterocycles. The molecule has 0 spiro atoms. The Bertz CT molecular complexity index is 768. The Balaban J connectivity index is 2.16. The Hall–Kier alpha value is -2.63. The van der Waals surface area contributed by atoms with Gasteiger partial charge >= 0.3 is 5.97 Å². The molecule has 0 aliphatic carbocycles. The second kappa shape index (κ2) is 7.51. The Morgan fingerprint density at radius 2 is 1.88 bits per heavy atom. The molecule has 0 fully saturated rings. The number of amides is 1. The zero-order chi connectivity index (χ0) is 18.6. The van der Waals surface area contributed by atoms with Crippen molar-refractivity contribution in [3.63, 3.8) is 0 Å². The van der Waals surface area contributed by atoms with Gasteiger partial charge in [-0.15, -0.1) is 0 Å². The van der Waals surface area contributed by atoms with E-state index in [1.54, 1.807) is 16.8 Å². The van der Waals surface area contributed by atoms with Gasteiger partial charge in [-0.1, -0.05) is 37.3 Å². The number of carbonyl (C=O) groups is 2. The van der Waals surface area contributed by atoms with Gasteiger partial charge < -0.3 is 10.4 Å². The van der Waals surface area contributed by atoms with E-state index < -0.39 is 11.4 Å². The quantitative estimate of drug-likeness (QED) is 0.806. The van der Waals surface area contributed by atoms with Crippen LogP contribution in [0.15, 0.2) is 30.3 Å². The molecule has 2 N–H and O–H groups in total. The molecule has 134 valence electrons. The third-order valence-electron chi connectivity index (χ3n) is 4.92. The number of rotatable bonds is 7. The average molecular weight is 343 g/mol. The number of aryl methyl sites for hydroxylation is 2. The number of carbonyl (C=O) groups excluding carboxylic acids is 1. The molecule has 1 atom stereocenters. The summed E-state index contributed by atoms with van der Waals surface area (Å²) in [5.41, 5.74) is 2.21. The molecular formula is C19H25N3O3. The zero-order valence-electron chi connectivity index (χ0n) is 15.2. The summed E-state index contributed by atoms with van der Waals surface area (Å²) in [6.45, 7) is 5.66. The van der Waals surface area contributed by atoms with Crippen LogP contribution in [0.4, 0.5) is 0 Å². The number of benzene rings is 1. The van der Waals surface area contributed by atoms with Gasteiger partial charge in [0.25, 0.3) is 0 Å². The fraction of sp³-hybridized carbons (Fsp3) is 0.421. The van der Waals surface area contributed by atoms with Crippen LogP contribution in [0.25, 0.3) is 0 Å². The lowest BCUT2D eigenvalue weighted by atomic mass is 9.78. The molecule has 1 heterocycles. The van der Waals surface area contributed by atoms with Gasteiger partial charge in [0, 0.05) is 24.8 Å². The summed E-state index contributed by atoms with van der Waals surface area (Å²) in [6, 6.07) is 9.05. The van der Waals surface area contributed by atoms with Crippen molar-refractivity contribution in [2.24, 2.45) is 7.05 Å². The fourth-order valence-corrected chi connectivity index (χ4v) is 3.08. The number of carboxylic acid groups (broad SMARTS) is 1. The second-order valence-corrected chi connectivity index (χ2v) is 6.33. The number of nitrogens with zero attached hydrogens (tertiary/aromatic N) is 2. The van der Waals surface area contributed by atoms with Gasteiger partial charge in [0.05, 0.1) is 12.1 Å². The molecule has 6 heteroatoms. The summed E-state index contributed by atoms with van der Waals surface area (Å²) >= 11 is 0. The van der Waals surface area contributed by atoms with Crippen molar-refractivity contribution in [2.45, 2.75) is 39.0 Å². The third-order valence-corrected chi connectivity index (χ3v) is 4.92. The predicted molar refractivity (Wildman–Crippen MR) is 95.4 cm³/mol. The highest BCUT2D eigenvalue weighted by Crippen LogP contribution is 2.28. The van der Waals surface area contributed by atoms with Crippen LogP contribution >= 0.6 is 0 Å². The molecular weight excluding hydrogens is 318 g/mol. The van der Waals surface area contributed by atoms with Crippen molar-refractivity contribution in [3.05, 3.63) is 52.8 Å². The zero-order valence-corrected chi connectivity index (χ0v) is 15.2. The molecule has 25 heavy (non-hydrogen) atoms. The van der Waals surface area contributed by atoms with Crippen molar-refractivity contribution in [2.75, 3.05) is 6.54 Å². The maximum atomic E-state index is 12.4. The van der Waals surface area contributed by atoms with E-state index in [2.05, 4.69) is 10.4 Å². The first-order chi connectivity index (χ1) is 11.8. The standard InChI is InChI=1S/C19H25N3O3/c1-5-19(18(24)25,15-9-7-6-8-10-15)12-20-17(23)11-16-13(2)21-22(4)14(16)3/h6-10H,5,11-12H2,1-4H3,(H,20,23)(H,24,25). The lowest BCUT2D eigenvalue weighted by Gasteiger charge is -2.29. The normalized spacial score (nSPS) is 13.3. The van der Waals surface area contributed by atoms with Crippen LogP contribution in [-0.4, -0.2) is 33.3 Å². The minimum Gasteiger partial charge on any atom is -0.481 e. The highest BCUT2D eigenvalue weighted by Gasteiger charge is 2.39. The Morgan fingerprint density at radius 1 is 1.24 bits per heavy atom. The van der Waals surface area contributed by atoms with Gasteiger partial charge in [-0.2, -0.15) is 5.10 Å². The Kier molecular flexibility index (Phi) is 5.62. The van der Waals surface area contributed by atoms with Crippen LogP contribution in [0.5, 0.6) is 0 Å². The first kappa shape index (κ1) is 18.7. The molecule has 6 nitrogen and oxygen atoms in total. The monoisotopic (exact) mass is 343 g/mol. The Morgan fingerprint density at radius 3 is 2.36 bits per heavy atom. The van der Waals surface area contributed by atoms with E-state index in [4.69, 9.17) is 0 Å². The fourth-order valence-electron chi connectivity index (χ4n) is 3.08. The van der Waals surface area contributed by atoms with Crippen molar-refractivity contribution in [1.29, 1.82) is 0 Å². The second-order valence-electron chi connectivity index (χ2n) is 6.33. The third kappa shape index (κ3) is 3.73. The molecule has 0 bridgehead atoms. The van der Waals surface area contributed by atoms with Crippen molar-refractivity contribution >= 4 is 11.9 Å². The molecule has 0 radical (unpaired) electrons. The predicted octanol–water partition coefficient (Wildman–Crippen LogP) is 2.13. The van der Waals surface area contributed by atoms with Gasteiger partial charge in [-0.25, -0.2) is 0 Å². The largest absolute Gasteiger partial charge is 0.481 e. The molecule has 0 saturated carbocycles. The van der Waals surface area contributed by atoms with Crippen LogP contribution in [0.2, 0.25) is 0 Å². The first-order valence-electron chi connectivity index (χ1n) is 8.36. The summed E-state index contributed by atoms with van der Waals surface area (Å²) in [4.78, 5) is 24.4. The smallest absolute Gasteiger partial charge is 0.315 e. The van der Waals surface area contributed by atoms with Gasteiger partial charge in [0.2, 0.25) is 5.91 Å². The molecule has 1 unspecified atom stereocenters. The maximum absolute atomic E-state index is 12.4. The molecule has 1 aromatic carbocycles. The van der Waals surface area contributed by atoms with E-state index in [9.17, 15) is 14.7 Å². The highest BCUT2D eigenvalue weighted by molar-refractivity contribution is 5.84. The summed E-state index contributed by atoms with van der Waals surface area (Å²) < 4.78 is 1.75. The molecule has 1 aromatic heterocycles. The minimum absolute atomic E-state index is 0.0556. The molecule has 2 rings (SSSR count).